The fraction of sp³-hybridized carbons (Fsp3) is 0.214. The molecule has 2 atom stereocenters. The molecule has 2 aromatic carbocycles. The fourth-order valence-electron chi connectivity index (χ4n) is 5.28. The molecule has 0 bridgehead atoms. The van der Waals surface area contributed by atoms with Crippen LogP contribution in [0.4, 0.5) is 4.79 Å². The maximum atomic E-state index is 14.1. The largest absolute Gasteiger partial charge is 0.326 e. The Morgan fingerprint density at radius 3 is 2.40 bits per heavy atom. The number of hydrogen-bond acceptors (Lipinski definition) is 5. The molecular weight excluding hydrogens is 474 g/mol. The monoisotopic (exact) mass is 499 g/mol. The molecule has 1 saturated heterocycles. The van der Waals surface area contributed by atoms with Crippen LogP contribution >= 0.6 is 22.7 Å². The Morgan fingerprint density at radius 1 is 0.886 bits per heavy atom. The molecular formula is C28H25N3O2S2. The number of nitrogens with one attached hydrogen (secondary N) is 1. The Balaban J connectivity index is 1.35. The highest BCUT2D eigenvalue weighted by molar-refractivity contribution is 7.10. The zero-order valence-electron chi connectivity index (χ0n) is 19.1. The molecule has 0 unspecified atom stereocenters. The van der Waals surface area contributed by atoms with E-state index in [0.717, 1.165) is 24.1 Å². The molecule has 2 aliphatic rings. The van der Waals surface area contributed by atoms with E-state index in [1.807, 2.05) is 60.7 Å². The molecule has 7 heteroatoms. The maximum Gasteiger partial charge on any atom is 0.326 e. The van der Waals surface area contributed by atoms with E-state index in [1.54, 1.807) is 22.7 Å². The molecule has 4 aromatic rings. The summed E-state index contributed by atoms with van der Waals surface area (Å²) in [5.74, 6) is -0.196. The smallest absolute Gasteiger partial charge is 0.319 e. The van der Waals surface area contributed by atoms with Gasteiger partial charge in [0.05, 0.1) is 12.7 Å². The van der Waals surface area contributed by atoms with Crippen molar-refractivity contribution in [1.82, 2.24) is 15.1 Å². The molecule has 0 saturated carbocycles. The van der Waals surface area contributed by atoms with Crippen molar-refractivity contribution in [3.05, 3.63) is 116 Å². The number of rotatable bonds is 6. The van der Waals surface area contributed by atoms with Crippen LogP contribution in [0.5, 0.6) is 0 Å². The summed E-state index contributed by atoms with van der Waals surface area (Å²) in [4.78, 5) is 33.8. The summed E-state index contributed by atoms with van der Waals surface area (Å²) in [5, 5.41) is 7.33. The summed E-state index contributed by atoms with van der Waals surface area (Å²) in [5.41, 5.74) is 1.97. The first-order valence-electron chi connectivity index (χ1n) is 11.7. The van der Waals surface area contributed by atoms with Crippen LogP contribution in [-0.4, -0.2) is 35.0 Å². The molecule has 5 nitrogen and oxygen atoms in total. The average Bonchev–Trinajstić information content (AvgIpc) is 3.63. The van der Waals surface area contributed by atoms with Gasteiger partial charge in [0.1, 0.15) is 0 Å². The molecule has 0 spiro atoms. The number of fused-ring (bicyclic) bond motifs is 1. The van der Waals surface area contributed by atoms with Crippen LogP contribution < -0.4 is 5.32 Å². The molecule has 35 heavy (non-hydrogen) atoms. The van der Waals surface area contributed by atoms with Crippen molar-refractivity contribution in [2.75, 3.05) is 13.2 Å². The minimum Gasteiger partial charge on any atom is -0.319 e. The molecule has 1 N–H and O–H groups in total. The van der Waals surface area contributed by atoms with Crippen molar-refractivity contribution >= 4 is 34.6 Å². The van der Waals surface area contributed by atoms with Crippen LogP contribution in [0.3, 0.4) is 0 Å². The molecule has 2 aromatic heterocycles. The summed E-state index contributed by atoms with van der Waals surface area (Å²) < 4.78 is 0. The first-order valence-corrected chi connectivity index (χ1v) is 13.5. The first kappa shape index (κ1) is 22.2. The molecule has 1 fully saturated rings. The van der Waals surface area contributed by atoms with Crippen molar-refractivity contribution in [2.45, 2.75) is 24.4 Å². The minimum atomic E-state index is -1.12. The summed E-state index contributed by atoms with van der Waals surface area (Å²) in [6, 6.07) is 25.6. The molecule has 0 aliphatic carbocycles. The van der Waals surface area contributed by atoms with E-state index < -0.39 is 5.54 Å². The molecule has 3 amide bonds. The number of imide groups is 1. The Labute approximate surface area is 212 Å². The molecule has 4 heterocycles. The standard InChI is InChI=1S/C28H25N3O2S2/c32-26-28(21-10-5-2-6-11-21,18-20-8-3-1-4-9-20)29-27(33)31(26)19-30-15-13-23-22(14-17-35-23)25(30)24-12-7-16-34-24/h1-12,14,16-17,25H,13,15,18-19H2,(H,29,33)/t25-,28+/m0/s1. The number of carbonyl (C=O) groups is 2. The summed E-state index contributed by atoms with van der Waals surface area (Å²) in [7, 11) is 0. The van der Waals surface area contributed by atoms with Gasteiger partial charge in [0.2, 0.25) is 0 Å². The predicted molar refractivity (Wildman–Crippen MR) is 139 cm³/mol. The number of hydrogen-bond donors (Lipinski definition) is 1. The second-order valence-electron chi connectivity index (χ2n) is 9.02. The second-order valence-corrected chi connectivity index (χ2v) is 11.0. The van der Waals surface area contributed by atoms with Crippen LogP contribution in [0, 0.1) is 0 Å². The lowest BCUT2D eigenvalue weighted by molar-refractivity contribution is -0.133. The van der Waals surface area contributed by atoms with Crippen molar-refractivity contribution in [1.29, 1.82) is 0 Å². The number of nitrogens with zero attached hydrogens (tertiary/aromatic N) is 2. The Bertz CT molecular complexity index is 1340. The third kappa shape index (κ3) is 3.89. The van der Waals surface area contributed by atoms with Gasteiger partial charge in [-0.2, -0.15) is 0 Å². The van der Waals surface area contributed by atoms with Crippen molar-refractivity contribution < 1.29 is 9.59 Å². The van der Waals surface area contributed by atoms with Gasteiger partial charge in [-0.05, 0) is 46.0 Å². The zero-order valence-corrected chi connectivity index (χ0v) is 20.7. The SMILES string of the molecule is O=C1N[C@](Cc2ccccc2)(c2ccccc2)C(=O)N1CN1CCc2sccc2[C@H]1c1cccs1. The molecule has 176 valence electrons. The van der Waals surface area contributed by atoms with Crippen LogP contribution in [0.15, 0.2) is 89.6 Å². The molecule has 2 aliphatic heterocycles. The van der Waals surface area contributed by atoms with E-state index in [0.29, 0.717) is 6.42 Å². The van der Waals surface area contributed by atoms with E-state index >= 15 is 0 Å². The van der Waals surface area contributed by atoms with E-state index in [4.69, 9.17) is 0 Å². The highest BCUT2D eigenvalue weighted by Crippen LogP contribution is 2.40. The van der Waals surface area contributed by atoms with E-state index in [9.17, 15) is 9.59 Å². The lowest BCUT2D eigenvalue weighted by Crippen LogP contribution is -2.48. The zero-order chi connectivity index (χ0) is 23.8. The first-order chi connectivity index (χ1) is 17.2. The lowest BCUT2D eigenvalue weighted by atomic mass is 9.83. The van der Waals surface area contributed by atoms with E-state index in [2.05, 4.69) is 39.2 Å². The fourth-order valence-corrected chi connectivity index (χ4v) is 7.06. The van der Waals surface area contributed by atoms with E-state index in [1.165, 1.54) is 20.2 Å². The van der Waals surface area contributed by atoms with E-state index in [-0.39, 0.29) is 24.6 Å². The van der Waals surface area contributed by atoms with Crippen LogP contribution in [0.1, 0.15) is 32.5 Å². The van der Waals surface area contributed by atoms with Crippen molar-refractivity contribution in [3.63, 3.8) is 0 Å². The number of thiophene rings is 2. The van der Waals surface area contributed by atoms with Gasteiger partial charge in [0.15, 0.2) is 5.54 Å². The van der Waals surface area contributed by atoms with Gasteiger partial charge >= 0.3 is 6.03 Å². The van der Waals surface area contributed by atoms with Gasteiger partial charge in [-0.3, -0.25) is 9.69 Å². The minimum absolute atomic E-state index is 0.0476. The number of carbonyl (C=O) groups excluding carboxylic acids is 2. The number of urea groups is 1. The Kier molecular flexibility index (Phi) is 5.76. The normalized spacial score (nSPS) is 22.3. The summed E-state index contributed by atoms with van der Waals surface area (Å²) in [6.07, 6.45) is 1.33. The third-order valence-electron chi connectivity index (χ3n) is 6.96. The molecule has 0 radical (unpaired) electrons. The number of benzene rings is 2. The Morgan fingerprint density at radius 2 is 1.66 bits per heavy atom. The lowest BCUT2D eigenvalue weighted by Gasteiger charge is -2.37. The quantitative estimate of drug-likeness (QED) is 0.361. The Hall–Kier alpha value is -3.26. The van der Waals surface area contributed by atoms with Gasteiger partial charge in [-0.15, -0.1) is 22.7 Å². The van der Waals surface area contributed by atoms with Crippen LogP contribution in [0.25, 0.3) is 0 Å². The summed E-state index contributed by atoms with van der Waals surface area (Å²) >= 11 is 3.51. The van der Waals surface area contributed by atoms with Gasteiger partial charge in [0, 0.05) is 22.7 Å². The van der Waals surface area contributed by atoms with Crippen molar-refractivity contribution in [2.24, 2.45) is 0 Å². The van der Waals surface area contributed by atoms with Gasteiger partial charge in [0.25, 0.3) is 5.91 Å². The molecule has 6 rings (SSSR count). The third-order valence-corrected chi connectivity index (χ3v) is 8.88. The average molecular weight is 500 g/mol. The summed E-state index contributed by atoms with van der Waals surface area (Å²) in [6.45, 7) is 1.05. The topological polar surface area (TPSA) is 52.7 Å². The number of amides is 3. The van der Waals surface area contributed by atoms with Gasteiger partial charge in [-0.25, -0.2) is 9.69 Å². The van der Waals surface area contributed by atoms with Crippen LogP contribution in [0.2, 0.25) is 0 Å². The van der Waals surface area contributed by atoms with Gasteiger partial charge < -0.3 is 5.32 Å². The predicted octanol–water partition coefficient (Wildman–Crippen LogP) is 5.40. The van der Waals surface area contributed by atoms with Gasteiger partial charge in [-0.1, -0.05) is 66.7 Å². The highest BCUT2D eigenvalue weighted by Gasteiger charge is 2.53. The second kappa shape index (κ2) is 9.07. The van der Waals surface area contributed by atoms with Crippen LogP contribution in [-0.2, 0) is 23.2 Å². The highest BCUT2D eigenvalue weighted by atomic mass is 32.1. The maximum absolute atomic E-state index is 14.1. The van der Waals surface area contributed by atoms with Crippen molar-refractivity contribution in [3.8, 4) is 0 Å².